The Morgan fingerprint density at radius 2 is 2.15 bits per heavy atom. The molecule has 5 nitrogen and oxygen atoms in total. The maximum absolute atomic E-state index is 12.6. The van der Waals surface area contributed by atoms with Crippen molar-refractivity contribution in [2.45, 2.75) is 46.1 Å². The average molecular weight is 297 g/mol. The zero-order chi connectivity index (χ0) is 15.2. The quantitative estimate of drug-likeness (QED) is 0.313. The third-order valence-electron chi connectivity index (χ3n) is 3.84. The third-order valence-corrected chi connectivity index (χ3v) is 4.83. The van der Waals surface area contributed by atoms with Gasteiger partial charge in [-0.25, -0.2) is 0 Å². The number of nitrogens with zero attached hydrogens (tertiary/aromatic N) is 1. The molecule has 112 valence electrons. The lowest BCUT2D eigenvalue weighted by Gasteiger charge is -2.30. The Kier molecular flexibility index (Phi) is 6.01. The second-order valence-electron chi connectivity index (χ2n) is 4.72. The van der Waals surface area contributed by atoms with E-state index in [4.69, 9.17) is 10.9 Å². The number of nitrogens with two attached hydrogens (primary N) is 1. The van der Waals surface area contributed by atoms with Crippen LogP contribution >= 0.6 is 11.3 Å². The first-order chi connectivity index (χ1) is 9.55. The van der Waals surface area contributed by atoms with Gasteiger partial charge < -0.3 is 16.3 Å². The number of rotatable bonds is 7. The number of carbonyl (C=O) groups is 1. The van der Waals surface area contributed by atoms with Crippen molar-refractivity contribution < 1.29 is 10.0 Å². The van der Waals surface area contributed by atoms with Crippen molar-refractivity contribution >= 4 is 23.1 Å². The first-order valence-electron chi connectivity index (χ1n) is 6.88. The van der Waals surface area contributed by atoms with Crippen LogP contribution in [0.1, 0.15) is 51.0 Å². The lowest BCUT2D eigenvalue weighted by Crippen LogP contribution is -2.50. The van der Waals surface area contributed by atoms with Gasteiger partial charge in [0.1, 0.15) is 5.41 Å². The molecule has 1 amide bonds. The van der Waals surface area contributed by atoms with E-state index in [2.05, 4.69) is 10.5 Å². The smallest absolute Gasteiger partial charge is 0.234 e. The Morgan fingerprint density at radius 3 is 2.55 bits per heavy atom. The van der Waals surface area contributed by atoms with Crippen molar-refractivity contribution in [2.75, 3.05) is 0 Å². The molecule has 0 fully saturated rings. The van der Waals surface area contributed by atoms with Crippen LogP contribution in [0.5, 0.6) is 0 Å². The van der Waals surface area contributed by atoms with Crippen LogP contribution in [-0.4, -0.2) is 17.0 Å². The topological polar surface area (TPSA) is 87.7 Å². The summed E-state index contributed by atoms with van der Waals surface area (Å²) in [5, 5.41) is 17.0. The monoisotopic (exact) mass is 297 g/mol. The predicted molar refractivity (Wildman–Crippen MR) is 81.9 cm³/mol. The molecule has 0 spiro atoms. The van der Waals surface area contributed by atoms with Gasteiger partial charge in [0.25, 0.3) is 0 Å². The molecule has 0 saturated carbocycles. The van der Waals surface area contributed by atoms with Crippen LogP contribution in [0.3, 0.4) is 0 Å². The summed E-state index contributed by atoms with van der Waals surface area (Å²) in [6.07, 6.45) is 1.78. The summed E-state index contributed by atoms with van der Waals surface area (Å²) in [5.74, 6) is -0.209. The van der Waals surface area contributed by atoms with E-state index < -0.39 is 5.41 Å². The first-order valence-corrected chi connectivity index (χ1v) is 7.76. The Bertz CT molecular complexity index is 453. The van der Waals surface area contributed by atoms with Gasteiger partial charge in [0.15, 0.2) is 5.84 Å². The van der Waals surface area contributed by atoms with Gasteiger partial charge in [-0.15, -0.1) is 11.3 Å². The second kappa shape index (κ2) is 7.28. The van der Waals surface area contributed by atoms with E-state index in [1.54, 1.807) is 11.3 Å². The molecule has 20 heavy (non-hydrogen) atoms. The summed E-state index contributed by atoms with van der Waals surface area (Å²) in [5.41, 5.74) is 4.81. The molecule has 0 bridgehead atoms. The van der Waals surface area contributed by atoms with Gasteiger partial charge in [-0.3, -0.25) is 4.79 Å². The van der Waals surface area contributed by atoms with Crippen LogP contribution < -0.4 is 11.1 Å². The molecule has 1 aromatic heterocycles. The maximum Gasteiger partial charge on any atom is 0.234 e. The van der Waals surface area contributed by atoms with Crippen molar-refractivity contribution in [2.24, 2.45) is 16.3 Å². The zero-order valence-electron chi connectivity index (χ0n) is 12.2. The van der Waals surface area contributed by atoms with E-state index in [0.29, 0.717) is 12.8 Å². The van der Waals surface area contributed by atoms with Gasteiger partial charge in [-0.2, -0.15) is 0 Å². The van der Waals surface area contributed by atoms with Crippen LogP contribution in [0, 0.1) is 5.41 Å². The molecular formula is C14H23N3O2S. The summed E-state index contributed by atoms with van der Waals surface area (Å²) in [6, 6.07) is 3.93. The number of hydrogen-bond acceptors (Lipinski definition) is 4. The number of nitrogens with one attached hydrogen (secondary N) is 1. The van der Waals surface area contributed by atoms with Crippen LogP contribution in [0.25, 0.3) is 0 Å². The molecule has 0 aliphatic heterocycles. The summed E-state index contributed by atoms with van der Waals surface area (Å²) >= 11 is 1.61. The standard InChI is InChI=1S/C14H23N3O2S/c1-4-10(11-8-7-9-20-11)16-13(18)14(5-2,6-3)12(15)17-19/h7-10,19H,4-6H2,1-3H3,(H2,15,17)(H,16,18). The first kappa shape index (κ1) is 16.5. The van der Waals surface area contributed by atoms with Crippen molar-refractivity contribution in [3.8, 4) is 0 Å². The minimum absolute atomic E-state index is 0.0268. The minimum Gasteiger partial charge on any atom is -0.409 e. The predicted octanol–water partition coefficient (Wildman–Crippen LogP) is 2.87. The average Bonchev–Trinajstić information content (AvgIpc) is 3.00. The highest BCUT2D eigenvalue weighted by Crippen LogP contribution is 2.30. The van der Waals surface area contributed by atoms with E-state index in [-0.39, 0.29) is 17.8 Å². The second-order valence-corrected chi connectivity index (χ2v) is 5.70. The molecule has 0 aromatic carbocycles. The van der Waals surface area contributed by atoms with E-state index in [0.717, 1.165) is 11.3 Å². The van der Waals surface area contributed by atoms with Crippen molar-refractivity contribution in [1.29, 1.82) is 0 Å². The van der Waals surface area contributed by atoms with Gasteiger partial charge in [-0.1, -0.05) is 32.0 Å². The molecule has 4 N–H and O–H groups in total. The third kappa shape index (κ3) is 3.12. The molecule has 1 heterocycles. The van der Waals surface area contributed by atoms with E-state index in [1.165, 1.54) is 0 Å². The van der Waals surface area contributed by atoms with Crippen molar-refractivity contribution in [3.63, 3.8) is 0 Å². The van der Waals surface area contributed by atoms with E-state index in [9.17, 15) is 4.79 Å². The Morgan fingerprint density at radius 1 is 1.50 bits per heavy atom. The SMILES string of the molecule is CCC(NC(=O)C(CC)(CC)C(N)=NO)c1cccs1. The fourth-order valence-corrected chi connectivity index (χ4v) is 3.17. The van der Waals surface area contributed by atoms with Crippen molar-refractivity contribution in [1.82, 2.24) is 5.32 Å². The highest BCUT2D eigenvalue weighted by molar-refractivity contribution is 7.10. The molecule has 0 aliphatic rings. The van der Waals surface area contributed by atoms with Gasteiger partial charge in [-0.05, 0) is 30.7 Å². The number of amidine groups is 1. The van der Waals surface area contributed by atoms with Gasteiger partial charge in [0, 0.05) is 4.88 Å². The van der Waals surface area contributed by atoms with E-state index >= 15 is 0 Å². The normalized spacial score (nSPS) is 14.1. The van der Waals surface area contributed by atoms with Crippen LogP contribution in [-0.2, 0) is 4.79 Å². The van der Waals surface area contributed by atoms with E-state index in [1.807, 2.05) is 38.3 Å². The van der Waals surface area contributed by atoms with Gasteiger partial charge >= 0.3 is 0 Å². The zero-order valence-corrected chi connectivity index (χ0v) is 13.0. The molecule has 6 heteroatoms. The number of carbonyl (C=O) groups excluding carboxylic acids is 1. The fourth-order valence-electron chi connectivity index (χ4n) is 2.31. The molecule has 0 radical (unpaired) electrons. The molecule has 1 aromatic rings. The fraction of sp³-hybridized carbons (Fsp3) is 0.571. The Hall–Kier alpha value is -1.56. The molecule has 0 aliphatic carbocycles. The van der Waals surface area contributed by atoms with Gasteiger partial charge in [0.2, 0.25) is 5.91 Å². The molecular weight excluding hydrogens is 274 g/mol. The lowest BCUT2D eigenvalue weighted by atomic mass is 9.80. The summed E-state index contributed by atoms with van der Waals surface area (Å²) in [6.45, 7) is 5.76. The summed E-state index contributed by atoms with van der Waals surface area (Å²) in [4.78, 5) is 13.7. The number of amides is 1. The Balaban J connectivity index is 2.97. The van der Waals surface area contributed by atoms with Crippen LogP contribution in [0.4, 0.5) is 0 Å². The molecule has 1 rings (SSSR count). The minimum atomic E-state index is -0.945. The number of oxime groups is 1. The van der Waals surface area contributed by atoms with Crippen molar-refractivity contribution in [3.05, 3.63) is 22.4 Å². The highest BCUT2D eigenvalue weighted by Gasteiger charge is 2.40. The Labute approximate surface area is 123 Å². The number of thiophene rings is 1. The molecule has 1 unspecified atom stereocenters. The van der Waals surface area contributed by atoms with Crippen LogP contribution in [0.15, 0.2) is 22.7 Å². The molecule has 1 atom stereocenters. The highest BCUT2D eigenvalue weighted by atomic mass is 32.1. The largest absolute Gasteiger partial charge is 0.409 e. The molecule has 0 saturated heterocycles. The maximum atomic E-state index is 12.6. The lowest BCUT2D eigenvalue weighted by molar-refractivity contribution is -0.128. The number of hydrogen-bond donors (Lipinski definition) is 3. The van der Waals surface area contributed by atoms with Crippen LogP contribution in [0.2, 0.25) is 0 Å². The summed E-state index contributed by atoms with van der Waals surface area (Å²) < 4.78 is 0. The van der Waals surface area contributed by atoms with Gasteiger partial charge in [0.05, 0.1) is 6.04 Å². The summed E-state index contributed by atoms with van der Waals surface area (Å²) in [7, 11) is 0.